The van der Waals surface area contributed by atoms with Crippen molar-refractivity contribution in [3.05, 3.63) is 75.7 Å². The maximum atomic E-state index is 12.3. The molecule has 0 fully saturated rings. The molecule has 0 radical (unpaired) electrons. The van der Waals surface area contributed by atoms with Crippen LogP contribution < -0.4 is 10.1 Å². The first-order valence-electron chi connectivity index (χ1n) is 8.53. The van der Waals surface area contributed by atoms with Crippen LogP contribution in [0.25, 0.3) is 22.6 Å². The van der Waals surface area contributed by atoms with Gasteiger partial charge in [-0.3, -0.25) is 4.79 Å². The lowest BCUT2D eigenvalue weighted by Crippen LogP contribution is -2.20. The first-order valence-corrected chi connectivity index (χ1v) is 9.66. The highest BCUT2D eigenvalue weighted by Crippen LogP contribution is 2.34. The fraction of sp³-hybridized carbons (Fsp3) is 0.0476. The van der Waals surface area contributed by atoms with Crippen molar-refractivity contribution in [2.75, 3.05) is 11.9 Å². The Morgan fingerprint density at radius 1 is 0.966 bits per heavy atom. The molecule has 8 heteroatoms. The molecule has 3 aromatic carbocycles. The SMILES string of the molecule is O=C(COc1cc(Cl)c(Cl)cc1Cl)Nc1cccc(-c2nc3ccccc3o2)c1. The van der Waals surface area contributed by atoms with Crippen LogP contribution in [0, 0.1) is 0 Å². The Morgan fingerprint density at radius 2 is 1.76 bits per heavy atom. The largest absolute Gasteiger partial charge is 0.482 e. The van der Waals surface area contributed by atoms with Gasteiger partial charge in [-0.25, -0.2) is 4.98 Å². The van der Waals surface area contributed by atoms with Gasteiger partial charge in [0.15, 0.2) is 12.2 Å². The molecular weight excluding hydrogens is 435 g/mol. The van der Waals surface area contributed by atoms with E-state index in [1.165, 1.54) is 12.1 Å². The maximum absolute atomic E-state index is 12.3. The Kier molecular flexibility index (Phi) is 5.62. The molecular formula is C21H13Cl3N2O3. The molecule has 0 aliphatic carbocycles. The molecule has 0 unspecified atom stereocenters. The number of para-hydroxylation sites is 2. The molecule has 0 aliphatic rings. The minimum absolute atomic E-state index is 0.245. The fourth-order valence-corrected chi connectivity index (χ4v) is 3.27. The Hall–Kier alpha value is -2.73. The van der Waals surface area contributed by atoms with E-state index in [0.29, 0.717) is 22.2 Å². The summed E-state index contributed by atoms with van der Waals surface area (Å²) in [5, 5.41) is 3.63. The van der Waals surface area contributed by atoms with Crippen molar-refractivity contribution in [1.29, 1.82) is 0 Å². The van der Waals surface area contributed by atoms with Gasteiger partial charge in [-0.05, 0) is 36.4 Å². The molecule has 4 aromatic rings. The van der Waals surface area contributed by atoms with Crippen LogP contribution in [-0.2, 0) is 4.79 Å². The van der Waals surface area contributed by atoms with Crippen LogP contribution >= 0.6 is 34.8 Å². The number of ether oxygens (including phenoxy) is 1. The van der Waals surface area contributed by atoms with Crippen LogP contribution in [-0.4, -0.2) is 17.5 Å². The molecule has 0 spiro atoms. The first-order chi connectivity index (χ1) is 14.0. The van der Waals surface area contributed by atoms with Crippen molar-refractivity contribution in [2.45, 2.75) is 0 Å². The van der Waals surface area contributed by atoms with Crippen LogP contribution in [0.1, 0.15) is 0 Å². The Bertz CT molecular complexity index is 1170. The first kappa shape index (κ1) is 19.6. The van der Waals surface area contributed by atoms with Gasteiger partial charge in [-0.2, -0.15) is 0 Å². The molecule has 0 aliphatic heterocycles. The monoisotopic (exact) mass is 446 g/mol. The smallest absolute Gasteiger partial charge is 0.262 e. The number of nitrogens with one attached hydrogen (secondary N) is 1. The minimum atomic E-state index is -0.359. The van der Waals surface area contributed by atoms with Crippen molar-refractivity contribution >= 4 is 57.5 Å². The van der Waals surface area contributed by atoms with E-state index in [1.807, 2.05) is 30.3 Å². The number of fused-ring (bicyclic) bond motifs is 1. The Balaban J connectivity index is 1.45. The number of carbonyl (C=O) groups is 1. The Morgan fingerprint density at radius 3 is 2.59 bits per heavy atom. The highest BCUT2D eigenvalue weighted by Gasteiger charge is 2.12. The van der Waals surface area contributed by atoms with E-state index >= 15 is 0 Å². The second-order valence-electron chi connectivity index (χ2n) is 6.10. The van der Waals surface area contributed by atoms with Gasteiger partial charge >= 0.3 is 0 Å². The molecule has 146 valence electrons. The van der Waals surface area contributed by atoms with Gasteiger partial charge in [0.2, 0.25) is 5.89 Å². The van der Waals surface area contributed by atoms with Gasteiger partial charge in [-0.1, -0.05) is 53.0 Å². The highest BCUT2D eigenvalue weighted by atomic mass is 35.5. The number of anilines is 1. The van der Waals surface area contributed by atoms with Gasteiger partial charge in [-0.15, -0.1) is 0 Å². The van der Waals surface area contributed by atoms with Crippen LogP contribution in [0.3, 0.4) is 0 Å². The molecule has 5 nitrogen and oxygen atoms in total. The van der Waals surface area contributed by atoms with Crippen molar-refractivity contribution < 1.29 is 13.9 Å². The summed E-state index contributed by atoms with van der Waals surface area (Å²) in [6.07, 6.45) is 0. The van der Waals surface area contributed by atoms with E-state index in [4.69, 9.17) is 44.0 Å². The lowest BCUT2D eigenvalue weighted by Gasteiger charge is -2.10. The predicted molar refractivity (Wildman–Crippen MR) is 115 cm³/mol. The van der Waals surface area contributed by atoms with Gasteiger partial charge in [0.25, 0.3) is 5.91 Å². The second kappa shape index (κ2) is 8.33. The number of benzene rings is 3. The van der Waals surface area contributed by atoms with E-state index in [-0.39, 0.29) is 28.3 Å². The van der Waals surface area contributed by atoms with Crippen molar-refractivity contribution in [2.24, 2.45) is 0 Å². The van der Waals surface area contributed by atoms with Gasteiger partial charge in [0, 0.05) is 17.3 Å². The number of hydrogen-bond acceptors (Lipinski definition) is 4. The number of hydrogen-bond donors (Lipinski definition) is 1. The molecule has 1 heterocycles. The van der Waals surface area contributed by atoms with Crippen LogP contribution in [0.5, 0.6) is 5.75 Å². The molecule has 1 amide bonds. The van der Waals surface area contributed by atoms with E-state index in [1.54, 1.807) is 18.2 Å². The molecule has 1 aromatic heterocycles. The Labute approximate surface area is 181 Å². The van der Waals surface area contributed by atoms with Gasteiger partial charge in [0.1, 0.15) is 11.3 Å². The summed E-state index contributed by atoms with van der Waals surface area (Å²) in [7, 11) is 0. The van der Waals surface area contributed by atoms with E-state index in [2.05, 4.69) is 10.3 Å². The molecule has 0 bridgehead atoms. The number of oxazole rings is 1. The average molecular weight is 448 g/mol. The molecule has 0 saturated heterocycles. The highest BCUT2D eigenvalue weighted by molar-refractivity contribution is 6.43. The minimum Gasteiger partial charge on any atom is -0.482 e. The second-order valence-corrected chi connectivity index (χ2v) is 7.32. The summed E-state index contributed by atoms with van der Waals surface area (Å²) in [5.74, 6) is 0.388. The van der Waals surface area contributed by atoms with Gasteiger partial charge < -0.3 is 14.5 Å². The molecule has 4 rings (SSSR count). The summed E-state index contributed by atoms with van der Waals surface area (Å²) in [6.45, 7) is -0.245. The number of nitrogens with zero attached hydrogens (tertiary/aromatic N) is 1. The maximum Gasteiger partial charge on any atom is 0.262 e. The molecule has 29 heavy (non-hydrogen) atoms. The third-order valence-electron chi connectivity index (χ3n) is 4.02. The zero-order chi connectivity index (χ0) is 20.4. The summed E-state index contributed by atoms with van der Waals surface area (Å²) in [6, 6.07) is 17.6. The average Bonchev–Trinajstić information content (AvgIpc) is 3.14. The lowest BCUT2D eigenvalue weighted by atomic mass is 10.2. The van der Waals surface area contributed by atoms with Gasteiger partial charge in [0.05, 0.1) is 15.1 Å². The van der Waals surface area contributed by atoms with Crippen LogP contribution in [0.15, 0.2) is 65.1 Å². The van der Waals surface area contributed by atoms with Crippen molar-refractivity contribution in [3.8, 4) is 17.2 Å². The topological polar surface area (TPSA) is 64.4 Å². The quantitative estimate of drug-likeness (QED) is 0.356. The number of amides is 1. The van der Waals surface area contributed by atoms with Crippen molar-refractivity contribution in [1.82, 2.24) is 4.98 Å². The standard InChI is InChI=1S/C21H13Cl3N2O3/c22-14-9-16(24)19(10-15(14)23)28-11-20(27)25-13-5-3-4-12(8-13)21-26-17-6-1-2-7-18(17)29-21/h1-10H,11H2,(H,25,27). The zero-order valence-corrected chi connectivity index (χ0v) is 17.1. The van der Waals surface area contributed by atoms with E-state index in [0.717, 1.165) is 11.1 Å². The third kappa shape index (κ3) is 4.48. The van der Waals surface area contributed by atoms with Crippen LogP contribution in [0.4, 0.5) is 5.69 Å². The lowest BCUT2D eigenvalue weighted by molar-refractivity contribution is -0.118. The predicted octanol–water partition coefficient (Wildman–Crippen LogP) is 6.47. The van der Waals surface area contributed by atoms with E-state index in [9.17, 15) is 4.79 Å². The number of carbonyl (C=O) groups excluding carboxylic acids is 1. The number of aromatic nitrogens is 1. The van der Waals surface area contributed by atoms with E-state index < -0.39 is 0 Å². The van der Waals surface area contributed by atoms with Crippen LogP contribution in [0.2, 0.25) is 15.1 Å². The van der Waals surface area contributed by atoms with Crippen molar-refractivity contribution in [3.63, 3.8) is 0 Å². The third-order valence-corrected chi connectivity index (χ3v) is 5.04. The normalized spacial score (nSPS) is 10.9. The summed E-state index contributed by atoms with van der Waals surface area (Å²) < 4.78 is 11.2. The fourth-order valence-electron chi connectivity index (χ4n) is 2.68. The molecule has 0 atom stereocenters. The zero-order valence-electron chi connectivity index (χ0n) is 14.8. The molecule has 1 N–H and O–H groups in total. The number of halogens is 3. The summed E-state index contributed by atoms with van der Waals surface area (Å²) in [4.78, 5) is 16.7. The molecule has 0 saturated carbocycles. The summed E-state index contributed by atoms with van der Waals surface area (Å²) in [5.41, 5.74) is 2.79. The number of rotatable bonds is 5. The summed E-state index contributed by atoms with van der Waals surface area (Å²) >= 11 is 17.9.